The van der Waals surface area contributed by atoms with E-state index in [2.05, 4.69) is 10.2 Å². The molecule has 8 nitrogen and oxygen atoms in total. The topological polar surface area (TPSA) is 103 Å². The molecule has 2 heterocycles. The van der Waals surface area contributed by atoms with Crippen molar-refractivity contribution in [2.75, 3.05) is 31.9 Å². The van der Waals surface area contributed by atoms with Gasteiger partial charge >= 0.3 is 0 Å². The Morgan fingerprint density at radius 3 is 2.17 bits per heavy atom. The molecule has 0 aliphatic carbocycles. The van der Waals surface area contributed by atoms with Gasteiger partial charge in [0, 0.05) is 26.2 Å². The molecule has 1 aromatic heterocycles. The predicted octanol–water partition coefficient (Wildman–Crippen LogP) is 0.709. The molecule has 1 aromatic rings. The van der Waals surface area contributed by atoms with Gasteiger partial charge in [-0.15, -0.1) is 0 Å². The van der Waals surface area contributed by atoms with Gasteiger partial charge in [0.25, 0.3) is 0 Å². The molecule has 1 fully saturated rings. The standard InChI is InChI=1S/C14H26N4O4S2/c1-11(2)10-23(19,20)17-6-5-7-18(9-8-17)24(21,22)14-12(3)15-16-13(14)4/h11H,5-10H2,1-4H3,(H,15,16). The summed E-state index contributed by atoms with van der Waals surface area (Å²) in [7, 11) is -7.03. The highest BCUT2D eigenvalue weighted by Gasteiger charge is 2.33. The van der Waals surface area contributed by atoms with Crippen LogP contribution in [-0.2, 0) is 20.0 Å². The lowest BCUT2D eigenvalue weighted by Crippen LogP contribution is -2.39. The van der Waals surface area contributed by atoms with Crippen molar-refractivity contribution >= 4 is 20.0 Å². The Labute approximate surface area is 144 Å². The van der Waals surface area contributed by atoms with Crippen LogP contribution in [0.5, 0.6) is 0 Å². The van der Waals surface area contributed by atoms with Crippen LogP contribution in [0.25, 0.3) is 0 Å². The van der Waals surface area contributed by atoms with Gasteiger partial charge in [-0.1, -0.05) is 13.8 Å². The van der Waals surface area contributed by atoms with Crippen molar-refractivity contribution in [1.82, 2.24) is 18.8 Å². The molecule has 0 bridgehead atoms. The van der Waals surface area contributed by atoms with Gasteiger partial charge in [-0.2, -0.15) is 9.40 Å². The van der Waals surface area contributed by atoms with Gasteiger partial charge in [-0.3, -0.25) is 5.10 Å². The minimum atomic E-state index is -3.68. The summed E-state index contributed by atoms with van der Waals surface area (Å²) >= 11 is 0. The first-order chi connectivity index (χ1) is 11.1. The van der Waals surface area contributed by atoms with E-state index in [1.807, 2.05) is 13.8 Å². The number of hydrogen-bond donors (Lipinski definition) is 1. The van der Waals surface area contributed by atoms with Gasteiger partial charge in [0.2, 0.25) is 20.0 Å². The number of nitrogens with zero attached hydrogens (tertiary/aromatic N) is 3. The Morgan fingerprint density at radius 2 is 1.62 bits per heavy atom. The zero-order valence-electron chi connectivity index (χ0n) is 14.6. The van der Waals surface area contributed by atoms with Crippen LogP contribution in [0.1, 0.15) is 31.7 Å². The molecule has 1 N–H and O–H groups in total. The third kappa shape index (κ3) is 3.98. The van der Waals surface area contributed by atoms with Gasteiger partial charge in [-0.05, 0) is 26.2 Å². The maximum Gasteiger partial charge on any atom is 0.246 e. The van der Waals surface area contributed by atoms with Crippen LogP contribution in [0.3, 0.4) is 0 Å². The predicted molar refractivity (Wildman–Crippen MR) is 91.6 cm³/mol. The van der Waals surface area contributed by atoms with Crippen LogP contribution >= 0.6 is 0 Å². The lowest BCUT2D eigenvalue weighted by atomic mass is 10.3. The summed E-state index contributed by atoms with van der Waals surface area (Å²) in [6, 6.07) is 0. The summed E-state index contributed by atoms with van der Waals surface area (Å²) in [6.07, 6.45) is 0.479. The monoisotopic (exact) mass is 378 g/mol. The summed E-state index contributed by atoms with van der Waals surface area (Å²) < 4.78 is 53.3. The molecule has 0 amide bonds. The minimum Gasteiger partial charge on any atom is -0.281 e. The van der Waals surface area contributed by atoms with E-state index in [4.69, 9.17) is 0 Å². The average molecular weight is 379 g/mol. The van der Waals surface area contributed by atoms with Crippen LogP contribution in [0.15, 0.2) is 4.90 Å². The highest BCUT2D eigenvalue weighted by Crippen LogP contribution is 2.23. The van der Waals surface area contributed by atoms with Crippen molar-refractivity contribution in [3.8, 4) is 0 Å². The van der Waals surface area contributed by atoms with Crippen LogP contribution < -0.4 is 0 Å². The van der Waals surface area contributed by atoms with E-state index in [9.17, 15) is 16.8 Å². The number of aromatic amines is 1. The van der Waals surface area contributed by atoms with Crippen molar-refractivity contribution in [2.45, 2.75) is 39.0 Å². The second-order valence-corrected chi connectivity index (χ2v) is 10.5. The Kier molecular flexibility index (Phi) is 5.73. The van der Waals surface area contributed by atoms with Crippen molar-refractivity contribution in [3.05, 3.63) is 11.4 Å². The fourth-order valence-electron chi connectivity index (χ4n) is 2.97. The third-order valence-electron chi connectivity index (χ3n) is 4.01. The van der Waals surface area contributed by atoms with Gasteiger partial charge in [0.1, 0.15) is 4.90 Å². The molecule has 1 aliphatic heterocycles. The van der Waals surface area contributed by atoms with Gasteiger partial charge < -0.3 is 0 Å². The largest absolute Gasteiger partial charge is 0.281 e. The molecule has 0 radical (unpaired) electrons. The van der Waals surface area contributed by atoms with Crippen molar-refractivity contribution in [1.29, 1.82) is 0 Å². The van der Waals surface area contributed by atoms with Crippen molar-refractivity contribution < 1.29 is 16.8 Å². The Hall–Kier alpha value is -0.970. The highest BCUT2D eigenvalue weighted by molar-refractivity contribution is 7.89. The molecule has 0 unspecified atom stereocenters. The minimum absolute atomic E-state index is 0.0364. The van der Waals surface area contributed by atoms with E-state index in [0.29, 0.717) is 30.9 Å². The number of aryl methyl sites for hydroxylation is 2. The first-order valence-corrected chi connectivity index (χ1v) is 11.1. The molecule has 0 atom stereocenters. The van der Waals surface area contributed by atoms with E-state index in [0.717, 1.165) is 0 Å². The summed E-state index contributed by atoms with van der Waals surface area (Å²) in [6.45, 7) is 8.03. The molecule has 138 valence electrons. The van der Waals surface area contributed by atoms with Crippen LogP contribution in [0.4, 0.5) is 0 Å². The molecule has 1 saturated heterocycles. The van der Waals surface area contributed by atoms with Crippen LogP contribution in [-0.4, -0.2) is 67.6 Å². The first-order valence-electron chi connectivity index (χ1n) is 8.05. The SMILES string of the molecule is Cc1n[nH]c(C)c1S(=O)(=O)N1CCCN(S(=O)(=O)CC(C)C)CC1. The second-order valence-electron chi connectivity index (χ2n) is 6.59. The molecule has 2 rings (SSSR count). The maximum absolute atomic E-state index is 12.9. The molecule has 0 aromatic carbocycles. The van der Waals surface area contributed by atoms with Crippen molar-refractivity contribution in [3.63, 3.8) is 0 Å². The molecular formula is C14H26N4O4S2. The molecule has 24 heavy (non-hydrogen) atoms. The van der Waals surface area contributed by atoms with Gasteiger partial charge in [0.05, 0.1) is 17.1 Å². The van der Waals surface area contributed by atoms with Gasteiger partial charge in [-0.25, -0.2) is 21.1 Å². The summed E-state index contributed by atoms with van der Waals surface area (Å²) in [5.74, 6) is 0.119. The second kappa shape index (κ2) is 7.11. The lowest BCUT2D eigenvalue weighted by molar-refractivity contribution is 0.402. The Bertz CT molecular complexity index is 764. The number of aromatic nitrogens is 2. The highest BCUT2D eigenvalue weighted by atomic mass is 32.2. The smallest absolute Gasteiger partial charge is 0.246 e. The van der Waals surface area contributed by atoms with Crippen LogP contribution in [0.2, 0.25) is 0 Å². The van der Waals surface area contributed by atoms with Crippen LogP contribution in [0, 0.1) is 19.8 Å². The number of sulfonamides is 2. The molecule has 1 aliphatic rings. The fraction of sp³-hybridized carbons (Fsp3) is 0.786. The van der Waals surface area contributed by atoms with E-state index in [1.54, 1.807) is 13.8 Å². The number of H-pyrrole nitrogens is 1. The summed E-state index contributed by atoms with van der Waals surface area (Å²) in [5.41, 5.74) is 0.932. The normalized spacial score (nSPS) is 18.9. The molecular weight excluding hydrogens is 352 g/mol. The van der Waals surface area contributed by atoms with E-state index < -0.39 is 20.0 Å². The zero-order valence-corrected chi connectivity index (χ0v) is 16.2. The summed E-state index contributed by atoms with van der Waals surface area (Å²) in [5, 5.41) is 6.64. The van der Waals surface area contributed by atoms with Gasteiger partial charge in [0.15, 0.2) is 0 Å². The lowest BCUT2D eigenvalue weighted by Gasteiger charge is -2.22. The van der Waals surface area contributed by atoms with Crippen molar-refractivity contribution in [2.24, 2.45) is 5.92 Å². The number of rotatable bonds is 5. The molecule has 0 saturated carbocycles. The first kappa shape index (κ1) is 19.4. The summed E-state index contributed by atoms with van der Waals surface area (Å²) in [4.78, 5) is 0.195. The van der Waals surface area contributed by atoms with E-state index in [1.165, 1.54) is 8.61 Å². The molecule has 0 spiro atoms. The van der Waals surface area contributed by atoms with E-state index >= 15 is 0 Å². The van der Waals surface area contributed by atoms with E-state index in [-0.39, 0.29) is 29.7 Å². The zero-order chi connectivity index (χ0) is 18.1. The molecule has 10 heteroatoms. The number of hydrogen-bond acceptors (Lipinski definition) is 5. The Morgan fingerprint density at radius 1 is 1.04 bits per heavy atom. The average Bonchev–Trinajstić information content (AvgIpc) is 2.65. The Balaban J connectivity index is 2.19. The quantitative estimate of drug-likeness (QED) is 0.813. The third-order valence-corrected chi connectivity index (χ3v) is 8.41. The maximum atomic E-state index is 12.9. The number of nitrogens with one attached hydrogen (secondary N) is 1. The fourth-order valence-corrected chi connectivity index (χ4v) is 6.59.